The summed E-state index contributed by atoms with van der Waals surface area (Å²) in [6.45, 7) is 3.12. The average Bonchev–Trinajstić information content (AvgIpc) is 1.89. The summed E-state index contributed by atoms with van der Waals surface area (Å²) in [7, 11) is 0. The molecule has 0 aromatic heterocycles. The molecule has 0 aliphatic carbocycles. The summed E-state index contributed by atoms with van der Waals surface area (Å²) in [4.78, 5) is 0. The minimum absolute atomic E-state index is 0.104. The van der Waals surface area contributed by atoms with Crippen LogP contribution in [0, 0.1) is 0 Å². The van der Waals surface area contributed by atoms with Gasteiger partial charge >= 0.3 is 0 Å². The SMILES string of the molecule is CCOCCC(F)CN. The van der Waals surface area contributed by atoms with Crippen LogP contribution >= 0.6 is 0 Å². The Labute approximate surface area is 55.2 Å². The van der Waals surface area contributed by atoms with Crippen molar-refractivity contribution in [3.8, 4) is 0 Å². The number of alkyl halides is 1. The summed E-state index contributed by atoms with van der Waals surface area (Å²) in [5.74, 6) is 0. The largest absolute Gasteiger partial charge is 0.382 e. The summed E-state index contributed by atoms with van der Waals surface area (Å²) in [6, 6.07) is 0. The molecular formula is C6H14FNO. The van der Waals surface area contributed by atoms with E-state index in [4.69, 9.17) is 10.5 Å². The monoisotopic (exact) mass is 135 g/mol. The van der Waals surface area contributed by atoms with Gasteiger partial charge in [-0.25, -0.2) is 4.39 Å². The summed E-state index contributed by atoms with van der Waals surface area (Å²) < 4.78 is 17.2. The van der Waals surface area contributed by atoms with Gasteiger partial charge in [-0.05, 0) is 6.92 Å². The van der Waals surface area contributed by atoms with Crippen molar-refractivity contribution in [1.29, 1.82) is 0 Å². The van der Waals surface area contributed by atoms with Crippen LogP contribution in [-0.2, 0) is 4.74 Å². The van der Waals surface area contributed by atoms with Crippen LogP contribution in [0.25, 0.3) is 0 Å². The summed E-state index contributed by atoms with van der Waals surface area (Å²) in [6.07, 6.45) is -0.471. The molecule has 2 nitrogen and oxygen atoms in total. The van der Waals surface area contributed by atoms with Crippen LogP contribution in [0.1, 0.15) is 13.3 Å². The molecule has 1 unspecified atom stereocenters. The van der Waals surface area contributed by atoms with Crippen LogP contribution in [0.5, 0.6) is 0 Å². The molecule has 56 valence electrons. The zero-order valence-corrected chi connectivity index (χ0v) is 5.77. The zero-order chi connectivity index (χ0) is 7.11. The summed E-state index contributed by atoms with van der Waals surface area (Å²) >= 11 is 0. The Kier molecular flexibility index (Phi) is 5.88. The molecule has 9 heavy (non-hydrogen) atoms. The molecule has 0 rings (SSSR count). The molecule has 0 fully saturated rings. The van der Waals surface area contributed by atoms with E-state index < -0.39 is 6.17 Å². The van der Waals surface area contributed by atoms with Crippen LogP contribution in [0.3, 0.4) is 0 Å². The lowest BCUT2D eigenvalue weighted by atomic mass is 10.3. The summed E-state index contributed by atoms with van der Waals surface area (Å²) in [5.41, 5.74) is 5.02. The quantitative estimate of drug-likeness (QED) is 0.563. The molecule has 1 atom stereocenters. The molecule has 0 amide bonds. The third-order valence-electron chi connectivity index (χ3n) is 1.04. The molecule has 0 heterocycles. The average molecular weight is 135 g/mol. The minimum atomic E-state index is -0.892. The third-order valence-corrected chi connectivity index (χ3v) is 1.04. The number of nitrogens with two attached hydrogens (primary N) is 1. The molecule has 0 saturated heterocycles. The second-order valence-corrected chi connectivity index (χ2v) is 1.82. The van der Waals surface area contributed by atoms with E-state index in [9.17, 15) is 4.39 Å². The predicted octanol–water partition coefficient (Wildman–Crippen LogP) is 0.710. The van der Waals surface area contributed by atoms with Gasteiger partial charge in [0, 0.05) is 26.2 Å². The Morgan fingerprint density at radius 2 is 2.33 bits per heavy atom. The van der Waals surface area contributed by atoms with Crippen molar-refractivity contribution < 1.29 is 9.13 Å². The van der Waals surface area contributed by atoms with Gasteiger partial charge in [-0.1, -0.05) is 0 Å². The van der Waals surface area contributed by atoms with Crippen LogP contribution in [0.4, 0.5) is 4.39 Å². The molecule has 0 aromatic carbocycles. The van der Waals surface area contributed by atoms with Gasteiger partial charge in [0.05, 0.1) is 0 Å². The topological polar surface area (TPSA) is 35.2 Å². The molecule has 0 aliphatic rings. The van der Waals surface area contributed by atoms with Gasteiger partial charge in [0.1, 0.15) is 6.17 Å². The van der Waals surface area contributed by atoms with Crippen molar-refractivity contribution in [2.24, 2.45) is 5.73 Å². The van der Waals surface area contributed by atoms with Crippen molar-refractivity contribution in [2.75, 3.05) is 19.8 Å². The van der Waals surface area contributed by atoms with Gasteiger partial charge in [-0.3, -0.25) is 0 Å². The van der Waals surface area contributed by atoms with Crippen LogP contribution < -0.4 is 5.73 Å². The van der Waals surface area contributed by atoms with Gasteiger partial charge in [-0.15, -0.1) is 0 Å². The first-order chi connectivity index (χ1) is 4.31. The van der Waals surface area contributed by atoms with E-state index in [0.717, 1.165) is 0 Å². The van der Waals surface area contributed by atoms with E-state index >= 15 is 0 Å². The molecule has 0 spiro atoms. The predicted molar refractivity (Wildman–Crippen MR) is 35.1 cm³/mol. The highest BCUT2D eigenvalue weighted by atomic mass is 19.1. The van der Waals surface area contributed by atoms with E-state index in [1.165, 1.54) is 0 Å². The highest BCUT2D eigenvalue weighted by Crippen LogP contribution is 1.94. The Balaban J connectivity index is 2.88. The standard InChI is InChI=1S/C6H14FNO/c1-2-9-4-3-6(7)5-8/h6H,2-5,8H2,1H3. The second kappa shape index (κ2) is 5.98. The Bertz CT molecular complexity index is 61.0. The first kappa shape index (κ1) is 8.85. The Hall–Kier alpha value is -0.150. The van der Waals surface area contributed by atoms with Crippen molar-refractivity contribution in [1.82, 2.24) is 0 Å². The number of hydrogen-bond acceptors (Lipinski definition) is 2. The number of rotatable bonds is 5. The lowest BCUT2D eigenvalue weighted by Crippen LogP contribution is -2.16. The molecule has 0 aromatic rings. The van der Waals surface area contributed by atoms with Gasteiger partial charge in [0.2, 0.25) is 0 Å². The van der Waals surface area contributed by atoms with E-state index in [1.807, 2.05) is 6.92 Å². The number of ether oxygens (including phenoxy) is 1. The maximum absolute atomic E-state index is 12.3. The highest BCUT2D eigenvalue weighted by molar-refractivity contribution is 4.53. The maximum atomic E-state index is 12.3. The molecular weight excluding hydrogens is 121 g/mol. The molecule has 3 heteroatoms. The lowest BCUT2D eigenvalue weighted by Gasteiger charge is -2.03. The zero-order valence-electron chi connectivity index (χ0n) is 5.77. The lowest BCUT2D eigenvalue weighted by molar-refractivity contribution is 0.124. The molecule has 0 radical (unpaired) electrons. The molecule has 0 aliphatic heterocycles. The van der Waals surface area contributed by atoms with Crippen molar-refractivity contribution in [3.05, 3.63) is 0 Å². The first-order valence-electron chi connectivity index (χ1n) is 3.23. The summed E-state index contributed by atoms with van der Waals surface area (Å²) in [5, 5.41) is 0. The number of halogens is 1. The van der Waals surface area contributed by atoms with E-state index in [0.29, 0.717) is 19.6 Å². The van der Waals surface area contributed by atoms with Crippen LogP contribution in [0.2, 0.25) is 0 Å². The normalized spacial score (nSPS) is 13.7. The molecule has 0 saturated carbocycles. The third kappa shape index (κ3) is 5.73. The first-order valence-corrected chi connectivity index (χ1v) is 3.23. The van der Waals surface area contributed by atoms with Gasteiger partial charge < -0.3 is 10.5 Å². The van der Waals surface area contributed by atoms with Crippen LogP contribution in [0.15, 0.2) is 0 Å². The fourth-order valence-electron chi connectivity index (χ4n) is 0.473. The minimum Gasteiger partial charge on any atom is -0.382 e. The number of hydrogen-bond donors (Lipinski definition) is 1. The highest BCUT2D eigenvalue weighted by Gasteiger charge is 2.00. The smallest absolute Gasteiger partial charge is 0.114 e. The molecule has 0 bridgehead atoms. The van der Waals surface area contributed by atoms with Gasteiger partial charge in [0.25, 0.3) is 0 Å². The fraction of sp³-hybridized carbons (Fsp3) is 1.00. The van der Waals surface area contributed by atoms with Gasteiger partial charge in [-0.2, -0.15) is 0 Å². The maximum Gasteiger partial charge on any atom is 0.114 e. The van der Waals surface area contributed by atoms with Gasteiger partial charge in [0.15, 0.2) is 0 Å². The Morgan fingerprint density at radius 1 is 1.67 bits per heavy atom. The van der Waals surface area contributed by atoms with Crippen molar-refractivity contribution in [3.63, 3.8) is 0 Å². The van der Waals surface area contributed by atoms with E-state index in [-0.39, 0.29) is 6.54 Å². The van der Waals surface area contributed by atoms with Crippen molar-refractivity contribution in [2.45, 2.75) is 19.5 Å². The molecule has 2 N–H and O–H groups in total. The van der Waals surface area contributed by atoms with E-state index in [2.05, 4.69) is 0 Å². The Morgan fingerprint density at radius 3 is 2.78 bits per heavy atom. The van der Waals surface area contributed by atoms with Crippen molar-refractivity contribution >= 4 is 0 Å². The van der Waals surface area contributed by atoms with Crippen LogP contribution in [-0.4, -0.2) is 25.9 Å². The van der Waals surface area contributed by atoms with E-state index in [1.54, 1.807) is 0 Å². The second-order valence-electron chi connectivity index (χ2n) is 1.82. The fourth-order valence-corrected chi connectivity index (χ4v) is 0.473.